The minimum Gasteiger partial charge on any atom is -0.283 e. The lowest BCUT2D eigenvalue weighted by atomic mass is 10.1. The van der Waals surface area contributed by atoms with Gasteiger partial charge in [-0.05, 0) is 36.8 Å². The van der Waals surface area contributed by atoms with Crippen LogP contribution in [0.5, 0.6) is 0 Å². The summed E-state index contributed by atoms with van der Waals surface area (Å²) in [7, 11) is 0. The van der Waals surface area contributed by atoms with Crippen LogP contribution in [0.4, 0.5) is 4.39 Å². The third kappa shape index (κ3) is 1.95. The molecule has 0 unspecified atom stereocenters. The Hall–Kier alpha value is -2.41. The summed E-state index contributed by atoms with van der Waals surface area (Å²) in [5, 5.41) is 8.89. The molecule has 0 bridgehead atoms. The van der Waals surface area contributed by atoms with Crippen molar-refractivity contribution in [1.82, 2.24) is 4.57 Å². The molecule has 0 atom stereocenters. The van der Waals surface area contributed by atoms with Gasteiger partial charge in [0, 0.05) is 6.20 Å². The SMILES string of the molecule is Cc1ccn(-c2cccc(F)c2)c(=O)c1C#N. The highest BCUT2D eigenvalue weighted by atomic mass is 19.1. The van der Waals surface area contributed by atoms with Gasteiger partial charge in [0.2, 0.25) is 0 Å². The van der Waals surface area contributed by atoms with E-state index in [-0.39, 0.29) is 5.56 Å². The molecule has 0 aliphatic rings. The molecule has 1 heterocycles. The molecule has 0 N–H and O–H groups in total. The summed E-state index contributed by atoms with van der Waals surface area (Å²) in [4.78, 5) is 12.0. The minimum atomic E-state index is -0.432. The summed E-state index contributed by atoms with van der Waals surface area (Å²) in [5.74, 6) is -0.423. The Morgan fingerprint density at radius 2 is 2.12 bits per heavy atom. The largest absolute Gasteiger partial charge is 0.283 e. The van der Waals surface area contributed by atoms with E-state index in [0.717, 1.165) is 0 Å². The van der Waals surface area contributed by atoms with E-state index in [0.29, 0.717) is 11.3 Å². The van der Waals surface area contributed by atoms with Crippen molar-refractivity contribution in [2.45, 2.75) is 6.92 Å². The summed E-state index contributed by atoms with van der Waals surface area (Å²) in [6.07, 6.45) is 1.54. The third-order valence-electron chi connectivity index (χ3n) is 2.50. The fraction of sp³-hybridized carbons (Fsp3) is 0.0769. The molecular formula is C13H9FN2O. The Kier molecular flexibility index (Phi) is 2.75. The van der Waals surface area contributed by atoms with Crippen molar-refractivity contribution < 1.29 is 4.39 Å². The third-order valence-corrected chi connectivity index (χ3v) is 2.50. The predicted octanol–water partition coefficient (Wildman–Crippen LogP) is 2.16. The van der Waals surface area contributed by atoms with Crippen molar-refractivity contribution >= 4 is 0 Å². The topological polar surface area (TPSA) is 45.8 Å². The molecule has 0 fully saturated rings. The molecule has 84 valence electrons. The van der Waals surface area contributed by atoms with Crippen LogP contribution in [0.25, 0.3) is 5.69 Å². The summed E-state index contributed by atoms with van der Waals surface area (Å²) in [5.41, 5.74) is 0.673. The Labute approximate surface area is 97.4 Å². The molecule has 0 radical (unpaired) electrons. The highest BCUT2D eigenvalue weighted by molar-refractivity contribution is 5.39. The van der Waals surface area contributed by atoms with Crippen LogP contribution in [0.1, 0.15) is 11.1 Å². The molecule has 1 aromatic heterocycles. The average molecular weight is 228 g/mol. The van der Waals surface area contributed by atoms with Gasteiger partial charge < -0.3 is 0 Å². The van der Waals surface area contributed by atoms with E-state index in [9.17, 15) is 9.18 Å². The number of benzene rings is 1. The Morgan fingerprint density at radius 3 is 2.76 bits per heavy atom. The molecule has 0 saturated carbocycles. The Bertz CT molecular complexity index is 668. The van der Waals surface area contributed by atoms with Gasteiger partial charge in [-0.2, -0.15) is 5.26 Å². The first-order valence-electron chi connectivity index (χ1n) is 5.02. The molecule has 2 rings (SSSR count). The number of halogens is 1. The van der Waals surface area contributed by atoms with Crippen molar-refractivity contribution in [2.75, 3.05) is 0 Å². The summed E-state index contributed by atoms with van der Waals surface area (Å²) in [6.45, 7) is 1.69. The highest BCUT2D eigenvalue weighted by Crippen LogP contribution is 2.09. The minimum absolute atomic E-state index is 0.0803. The van der Waals surface area contributed by atoms with Crippen LogP contribution in [-0.2, 0) is 0 Å². The second-order valence-corrected chi connectivity index (χ2v) is 3.64. The zero-order valence-corrected chi connectivity index (χ0v) is 9.14. The van der Waals surface area contributed by atoms with Gasteiger partial charge in [-0.25, -0.2) is 4.39 Å². The van der Waals surface area contributed by atoms with Crippen LogP contribution < -0.4 is 5.56 Å². The van der Waals surface area contributed by atoms with Crippen LogP contribution in [0, 0.1) is 24.1 Å². The van der Waals surface area contributed by atoms with Gasteiger partial charge >= 0.3 is 0 Å². The van der Waals surface area contributed by atoms with Gasteiger partial charge in [-0.3, -0.25) is 9.36 Å². The van der Waals surface area contributed by atoms with E-state index in [1.54, 1.807) is 19.1 Å². The molecule has 0 aliphatic carbocycles. The highest BCUT2D eigenvalue weighted by Gasteiger charge is 2.08. The fourth-order valence-electron chi connectivity index (χ4n) is 1.59. The first-order chi connectivity index (χ1) is 8.13. The molecule has 0 spiro atoms. The van der Waals surface area contributed by atoms with E-state index >= 15 is 0 Å². The summed E-state index contributed by atoms with van der Waals surface area (Å²) < 4.78 is 14.3. The van der Waals surface area contributed by atoms with E-state index in [4.69, 9.17) is 5.26 Å². The number of rotatable bonds is 1. The smallest absolute Gasteiger partial charge is 0.273 e. The monoisotopic (exact) mass is 228 g/mol. The number of pyridine rings is 1. The molecule has 1 aromatic carbocycles. The lowest BCUT2D eigenvalue weighted by Crippen LogP contribution is -2.21. The second-order valence-electron chi connectivity index (χ2n) is 3.64. The molecule has 17 heavy (non-hydrogen) atoms. The summed E-state index contributed by atoms with van der Waals surface area (Å²) >= 11 is 0. The van der Waals surface area contributed by atoms with E-state index in [1.165, 1.54) is 29.0 Å². The molecule has 0 aliphatic heterocycles. The van der Waals surface area contributed by atoms with Crippen LogP contribution in [0.3, 0.4) is 0 Å². The maximum Gasteiger partial charge on any atom is 0.273 e. The lowest BCUT2D eigenvalue weighted by molar-refractivity contribution is 0.626. The number of hydrogen-bond donors (Lipinski definition) is 0. The number of aromatic nitrogens is 1. The molecule has 0 amide bonds. The fourth-order valence-corrected chi connectivity index (χ4v) is 1.59. The van der Waals surface area contributed by atoms with Gasteiger partial charge in [-0.15, -0.1) is 0 Å². The zero-order chi connectivity index (χ0) is 12.4. The normalized spacial score (nSPS) is 9.94. The van der Waals surface area contributed by atoms with Crippen LogP contribution >= 0.6 is 0 Å². The van der Waals surface area contributed by atoms with Gasteiger partial charge in [0.05, 0.1) is 5.69 Å². The van der Waals surface area contributed by atoms with Crippen molar-refractivity contribution in [3.05, 3.63) is 63.8 Å². The first-order valence-corrected chi connectivity index (χ1v) is 5.02. The van der Waals surface area contributed by atoms with Crippen molar-refractivity contribution in [3.63, 3.8) is 0 Å². The van der Waals surface area contributed by atoms with Gasteiger partial charge in [0.15, 0.2) is 0 Å². The van der Waals surface area contributed by atoms with Crippen molar-refractivity contribution in [3.8, 4) is 11.8 Å². The number of nitrogens with zero attached hydrogens (tertiary/aromatic N) is 2. The van der Waals surface area contributed by atoms with Gasteiger partial charge in [0.1, 0.15) is 17.4 Å². The Balaban J connectivity index is 2.71. The standard InChI is InChI=1S/C13H9FN2O/c1-9-5-6-16(13(17)12(9)8-15)11-4-2-3-10(14)7-11/h2-7H,1H3. The molecule has 3 nitrogen and oxygen atoms in total. The van der Waals surface area contributed by atoms with Crippen molar-refractivity contribution in [1.29, 1.82) is 5.26 Å². The van der Waals surface area contributed by atoms with E-state index in [1.807, 2.05) is 6.07 Å². The second kappa shape index (κ2) is 4.22. The number of nitriles is 1. The predicted molar refractivity (Wildman–Crippen MR) is 61.4 cm³/mol. The van der Waals surface area contributed by atoms with Crippen LogP contribution in [-0.4, -0.2) is 4.57 Å². The molecule has 0 saturated heterocycles. The maximum atomic E-state index is 13.1. The molecule has 2 aromatic rings. The van der Waals surface area contributed by atoms with Gasteiger partial charge in [0.25, 0.3) is 5.56 Å². The molecule has 4 heteroatoms. The number of hydrogen-bond acceptors (Lipinski definition) is 2. The van der Waals surface area contributed by atoms with E-state index in [2.05, 4.69) is 0 Å². The van der Waals surface area contributed by atoms with E-state index < -0.39 is 11.4 Å². The Morgan fingerprint density at radius 1 is 1.35 bits per heavy atom. The van der Waals surface area contributed by atoms with Gasteiger partial charge in [-0.1, -0.05) is 6.07 Å². The maximum absolute atomic E-state index is 13.1. The van der Waals surface area contributed by atoms with Crippen LogP contribution in [0.2, 0.25) is 0 Å². The quantitative estimate of drug-likeness (QED) is 0.750. The first kappa shape index (κ1) is 11.1. The summed E-state index contributed by atoms with van der Waals surface area (Å²) in [6, 6.07) is 9.20. The average Bonchev–Trinajstić information content (AvgIpc) is 2.29. The number of aryl methyl sites for hydroxylation is 1. The zero-order valence-electron chi connectivity index (χ0n) is 9.14. The lowest BCUT2D eigenvalue weighted by Gasteiger charge is -2.07. The van der Waals surface area contributed by atoms with Crippen LogP contribution in [0.15, 0.2) is 41.3 Å². The van der Waals surface area contributed by atoms with Crippen molar-refractivity contribution in [2.24, 2.45) is 0 Å². The molecular weight excluding hydrogens is 219 g/mol.